The summed E-state index contributed by atoms with van der Waals surface area (Å²) in [6.45, 7) is 2.08. The van der Waals surface area contributed by atoms with Crippen LogP contribution in [-0.4, -0.2) is 33.5 Å². The van der Waals surface area contributed by atoms with Crippen LogP contribution in [0.2, 0.25) is 0 Å². The first-order valence-corrected chi connectivity index (χ1v) is 8.53. The van der Waals surface area contributed by atoms with E-state index in [-0.39, 0.29) is 11.6 Å². The van der Waals surface area contributed by atoms with Gasteiger partial charge in [0.15, 0.2) is 17.4 Å². The predicted octanol–water partition coefficient (Wildman–Crippen LogP) is 3.24. The molecule has 0 atom stereocenters. The third kappa shape index (κ3) is 3.28. The first-order valence-electron chi connectivity index (χ1n) is 8.53. The van der Waals surface area contributed by atoms with Crippen molar-refractivity contribution in [1.82, 2.24) is 19.9 Å². The molecule has 4 rings (SSSR count). The molecule has 1 aliphatic heterocycles. The first kappa shape index (κ1) is 16.6. The molecule has 26 heavy (non-hydrogen) atoms. The number of fused-ring (bicyclic) bond motifs is 1. The molecule has 3 aromatic rings. The molecular formula is C20H19FN4O. The highest BCUT2D eigenvalue weighted by molar-refractivity contribution is 5.54. The molecule has 0 bridgehead atoms. The van der Waals surface area contributed by atoms with Crippen LogP contribution in [0.15, 0.2) is 48.9 Å². The molecule has 3 heterocycles. The van der Waals surface area contributed by atoms with Crippen LogP contribution in [-0.2, 0) is 19.5 Å². The molecule has 0 aliphatic carbocycles. The lowest BCUT2D eigenvalue weighted by molar-refractivity contribution is 0.238. The number of hydrogen-bond acceptors (Lipinski definition) is 5. The quantitative estimate of drug-likeness (QED) is 0.723. The van der Waals surface area contributed by atoms with Crippen LogP contribution < -0.4 is 4.74 Å². The highest BCUT2D eigenvalue weighted by Crippen LogP contribution is 2.25. The topological polar surface area (TPSA) is 51.1 Å². The zero-order valence-corrected chi connectivity index (χ0v) is 14.5. The van der Waals surface area contributed by atoms with Gasteiger partial charge in [-0.2, -0.15) is 0 Å². The number of aromatic nitrogens is 3. The second-order valence-electron chi connectivity index (χ2n) is 6.30. The summed E-state index contributed by atoms with van der Waals surface area (Å²) in [6.07, 6.45) is 6.18. The van der Waals surface area contributed by atoms with Crippen LogP contribution >= 0.6 is 0 Å². The maximum absolute atomic E-state index is 14.4. The Labute approximate surface area is 151 Å². The number of rotatable bonds is 4. The molecule has 0 saturated carbocycles. The van der Waals surface area contributed by atoms with Crippen molar-refractivity contribution >= 4 is 0 Å². The van der Waals surface area contributed by atoms with Crippen molar-refractivity contribution in [3.8, 4) is 17.1 Å². The van der Waals surface area contributed by atoms with Gasteiger partial charge in [-0.25, -0.2) is 14.4 Å². The van der Waals surface area contributed by atoms with Crippen molar-refractivity contribution in [2.75, 3.05) is 13.7 Å². The van der Waals surface area contributed by atoms with Crippen molar-refractivity contribution in [1.29, 1.82) is 0 Å². The summed E-state index contributed by atoms with van der Waals surface area (Å²) in [4.78, 5) is 15.4. The maximum atomic E-state index is 14.4. The third-order valence-electron chi connectivity index (χ3n) is 4.61. The second kappa shape index (κ2) is 7.17. The zero-order chi connectivity index (χ0) is 17.9. The minimum atomic E-state index is -0.287. The van der Waals surface area contributed by atoms with Gasteiger partial charge in [0.2, 0.25) is 0 Å². The van der Waals surface area contributed by atoms with E-state index in [9.17, 15) is 4.39 Å². The summed E-state index contributed by atoms with van der Waals surface area (Å²) >= 11 is 0. The summed E-state index contributed by atoms with van der Waals surface area (Å²) in [6, 6.07) is 9.07. The van der Waals surface area contributed by atoms with E-state index in [4.69, 9.17) is 9.72 Å². The van der Waals surface area contributed by atoms with Crippen LogP contribution in [0, 0.1) is 5.82 Å². The normalized spacial score (nSPS) is 14.1. The van der Waals surface area contributed by atoms with Gasteiger partial charge in [-0.1, -0.05) is 12.1 Å². The smallest absolute Gasteiger partial charge is 0.169 e. The minimum absolute atomic E-state index is 0.283. The Hall–Kier alpha value is -2.86. The van der Waals surface area contributed by atoms with Crippen LogP contribution in [0.5, 0.6) is 5.75 Å². The molecule has 6 heteroatoms. The van der Waals surface area contributed by atoms with Gasteiger partial charge in [0.05, 0.1) is 12.8 Å². The second-order valence-corrected chi connectivity index (χ2v) is 6.30. The lowest BCUT2D eigenvalue weighted by Gasteiger charge is -2.28. The highest BCUT2D eigenvalue weighted by Gasteiger charge is 2.20. The van der Waals surface area contributed by atoms with Gasteiger partial charge in [0.25, 0.3) is 0 Å². The van der Waals surface area contributed by atoms with E-state index >= 15 is 0 Å². The van der Waals surface area contributed by atoms with E-state index in [2.05, 4.69) is 14.9 Å². The minimum Gasteiger partial charge on any atom is -0.494 e. The van der Waals surface area contributed by atoms with E-state index in [1.807, 2.05) is 24.4 Å². The van der Waals surface area contributed by atoms with Gasteiger partial charge >= 0.3 is 0 Å². The van der Waals surface area contributed by atoms with Gasteiger partial charge in [-0.05, 0) is 18.2 Å². The molecule has 0 unspecified atom stereocenters. The fraction of sp³-hybridized carbons (Fsp3) is 0.250. The fourth-order valence-corrected chi connectivity index (χ4v) is 3.23. The molecule has 0 N–H and O–H groups in total. The molecule has 2 aromatic heterocycles. The molecule has 1 aromatic carbocycles. The average Bonchev–Trinajstić information content (AvgIpc) is 2.70. The van der Waals surface area contributed by atoms with Gasteiger partial charge in [-0.3, -0.25) is 9.88 Å². The number of ether oxygens (including phenoxy) is 1. The van der Waals surface area contributed by atoms with E-state index in [1.165, 1.54) is 7.11 Å². The average molecular weight is 350 g/mol. The number of benzene rings is 1. The monoisotopic (exact) mass is 350 g/mol. The largest absolute Gasteiger partial charge is 0.494 e. The van der Waals surface area contributed by atoms with Crippen molar-refractivity contribution in [3.05, 3.63) is 71.6 Å². The van der Waals surface area contributed by atoms with E-state index in [0.717, 1.165) is 35.6 Å². The lowest BCUT2D eigenvalue weighted by Crippen LogP contribution is -2.31. The Balaban J connectivity index is 1.52. The summed E-state index contributed by atoms with van der Waals surface area (Å²) in [7, 11) is 1.48. The number of pyridine rings is 1. The van der Waals surface area contributed by atoms with Gasteiger partial charge in [-0.15, -0.1) is 0 Å². The lowest BCUT2D eigenvalue weighted by atomic mass is 10.1. The van der Waals surface area contributed by atoms with Gasteiger partial charge in [0, 0.05) is 61.3 Å². The van der Waals surface area contributed by atoms with Crippen LogP contribution in [0.25, 0.3) is 11.4 Å². The van der Waals surface area contributed by atoms with Crippen LogP contribution in [0.3, 0.4) is 0 Å². The summed E-state index contributed by atoms with van der Waals surface area (Å²) < 4.78 is 19.5. The zero-order valence-electron chi connectivity index (χ0n) is 14.5. The van der Waals surface area contributed by atoms with Gasteiger partial charge in [0.1, 0.15) is 0 Å². The Morgan fingerprint density at radius 2 is 2.04 bits per heavy atom. The SMILES string of the molecule is COc1cccc(CN2CCc3nc(-c4ccncc4)ncc3C2)c1F. The highest BCUT2D eigenvalue weighted by atomic mass is 19.1. The van der Waals surface area contributed by atoms with Crippen molar-refractivity contribution < 1.29 is 9.13 Å². The molecule has 0 spiro atoms. The van der Waals surface area contributed by atoms with Crippen molar-refractivity contribution in [2.24, 2.45) is 0 Å². The van der Waals surface area contributed by atoms with E-state index in [1.54, 1.807) is 24.5 Å². The first-order chi connectivity index (χ1) is 12.7. The fourth-order valence-electron chi connectivity index (χ4n) is 3.23. The molecule has 0 radical (unpaired) electrons. The maximum Gasteiger partial charge on any atom is 0.169 e. The third-order valence-corrected chi connectivity index (χ3v) is 4.61. The standard InChI is InChI=1S/C20H19FN4O/c1-26-18-4-2-3-15(19(18)21)12-25-10-7-17-16(13-25)11-23-20(24-17)14-5-8-22-9-6-14/h2-6,8-9,11H,7,10,12-13H2,1H3. The summed E-state index contributed by atoms with van der Waals surface area (Å²) in [5, 5.41) is 0. The van der Waals surface area contributed by atoms with Crippen molar-refractivity contribution in [2.45, 2.75) is 19.5 Å². The van der Waals surface area contributed by atoms with E-state index < -0.39 is 0 Å². The predicted molar refractivity (Wildman–Crippen MR) is 96.0 cm³/mol. The number of methoxy groups -OCH3 is 1. The summed E-state index contributed by atoms with van der Waals surface area (Å²) in [5.74, 6) is 0.716. The Kier molecular flexibility index (Phi) is 4.58. The molecular weight excluding hydrogens is 331 g/mol. The molecule has 5 nitrogen and oxygen atoms in total. The van der Waals surface area contributed by atoms with Gasteiger partial charge < -0.3 is 4.74 Å². The molecule has 0 amide bonds. The van der Waals surface area contributed by atoms with E-state index in [0.29, 0.717) is 18.7 Å². The Bertz CT molecular complexity index is 917. The number of nitrogens with zero attached hydrogens (tertiary/aromatic N) is 4. The van der Waals surface area contributed by atoms with Crippen LogP contribution in [0.1, 0.15) is 16.8 Å². The molecule has 1 aliphatic rings. The molecule has 132 valence electrons. The van der Waals surface area contributed by atoms with Crippen LogP contribution in [0.4, 0.5) is 4.39 Å². The summed E-state index contributed by atoms with van der Waals surface area (Å²) in [5.41, 5.74) is 3.76. The molecule has 0 saturated heterocycles. The Morgan fingerprint density at radius 3 is 2.85 bits per heavy atom. The number of hydrogen-bond donors (Lipinski definition) is 0. The van der Waals surface area contributed by atoms with Crippen molar-refractivity contribution in [3.63, 3.8) is 0 Å². The molecule has 0 fully saturated rings. The Morgan fingerprint density at radius 1 is 1.19 bits per heavy atom. The number of halogens is 1.